The SMILES string of the molecule is COc1cccc2c1C(=O)c1c(O)c3c(c(O)c1C2=O)C[C@@](O)(C(=O)COCC(=O)N(C)CCN(C)C(=O)OCc1ccc(NC(=O)CCCCNC(N)=O)cc1)C[C@@H]3O[C@H]1C[C@H]2[C@H](O[C@@H]3[C@@H](OC)OCCN32)[C@H](C)O1. The van der Waals surface area contributed by atoms with E-state index in [4.69, 9.17) is 43.6 Å². The second kappa shape index (κ2) is 23.6. The summed E-state index contributed by atoms with van der Waals surface area (Å²) < 4.78 is 46.9. The number of methoxy groups -OCH3 is 2. The Kier molecular flexibility index (Phi) is 17.2. The van der Waals surface area contributed by atoms with Crippen LogP contribution in [0.15, 0.2) is 42.5 Å². The first-order valence-corrected chi connectivity index (χ1v) is 24.9. The van der Waals surface area contributed by atoms with Gasteiger partial charge in [-0.15, -0.1) is 0 Å². The van der Waals surface area contributed by atoms with Gasteiger partial charge in [0.2, 0.25) is 17.6 Å². The zero-order valence-electron chi connectivity index (χ0n) is 42.9. The molecule has 410 valence electrons. The van der Waals surface area contributed by atoms with Crippen LogP contribution in [0.1, 0.15) is 93.7 Å². The minimum atomic E-state index is -2.37. The van der Waals surface area contributed by atoms with Crippen LogP contribution in [0.3, 0.4) is 0 Å². The van der Waals surface area contributed by atoms with Gasteiger partial charge in [-0.1, -0.05) is 24.3 Å². The van der Waals surface area contributed by atoms with Crippen LogP contribution < -0.4 is 21.1 Å². The fraction of sp³-hybridized carbons (Fsp3) is 0.519. The minimum Gasteiger partial charge on any atom is -0.507 e. The molecule has 24 heteroatoms. The van der Waals surface area contributed by atoms with Gasteiger partial charge in [-0.25, -0.2) is 9.59 Å². The molecule has 3 fully saturated rings. The quantitative estimate of drug-likeness (QED) is 0.0546. The van der Waals surface area contributed by atoms with Gasteiger partial charge in [0.25, 0.3) is 0 Å². The summed E-state index contributed by atoms with van der Waals surface area (Å²) in [4.78, 5) is 96.2. The number of phenols is 2. The lowest BCUT2D eigenvalue weighted by Gasteiger charge is -2.43. The summed E-state index contributed by atoms with van der Waals surface area (Å²) in [7, 11) is 5.81. The van der Waals surface area contributed by atoms with E-state index in [0.29, 0.717) is 43.8 Å². The smallest absolute Gasteiger partial charge is 0.409 e. The van der Waals surface area contributed by atoms with Crippen LogP contribution in [0.5, 0.6) is 17.2 Å². The van der Waals surface area contributed by atoms with E-state index < -0.39 is 127 Å². The van der Waals surface area contributed by atoms with Gasteiger partial charge in [-0.3, -0.25) is 28.9 Å². The highest BCUT2D eigenvalue weighted by molar-refractivity contribution is 6.31. The number of benzene rings is 3. The molecule has 3 aromatic carbocycles. The Bertz CT molecular complexity index is 2720. The molecule has 3 heterocycles. The van der Waals surface area contributed by atoms with E-state index >= 15 is 0 Å². The van der Waals surface area contributed by atoms with Crippen LogP contribution in [0.2, 0.25) is 0 Å². The fourth-order valence-corrected chi connectivity index (χ4v) is 10.3. The first-order valence-electron chi connectivity index (χ1n) is 24.9. The number of nitrogens with one attached hydrogen (secondary N) is 2. The summed E-state index contributed by atoms with van der Waals surface area (Å²) in [6.45, 7) is 1.75. The number of nitrogens with zero attached hydrogens (tertiary/aromatic N) is 3. The summed E-state index contributed by atoms with van der Waals surface area (Å²) in [5.74, 6) is -4.61. The van der Waals surface area contributed by atoms with E-state index in [1.54, 1.807) is 31.2 Å². The highest BCUT2D eigenvalue weighted by atomic mass is 16.7. The number of aromatic hydroxyl groups is 2. The molecule has 8 atom stereocenters. The summed E-state index contributed by atoms with van der Waals surface area (Å²) in [5, 5.41) is 41.7. The summed E-state index contributed by atoms with van der Waals surface area (Å²) in [5.41, 5.74) is 2.34. The molecule has 24 nitrogen and oxygen atoms in total. The maximum Gasteiger partial charge on any atom is 0.409 e. The molecule has 7 N–H and O–H groups in total. The number of urea groups is 1. The van der Waals surface area contributed by atoms with E-state index in [1.165, 1.54) is 56.3 Å². The molecule has 3 aromatic rings. The van der Waals surface area contributed by atoms with Gasteiger partial charge in [-0.05, 0) is 43.5 Å². The van der Waals surface area contributed by atoms with Crippen LogP contribution in [0, 0.1) is 0 Å². The van der Waals surface area contributed by atoms with Gasteiger partial charge in [-0.2, -0.15) is 0 Å². The zero-order valence-corrected chi connectivity index (χ0v) is 42.9. The third-order valence-electron chi connectivity index (χ3n) is 14.4. The van der Waals surface area contributed by atoms with Crippen molar-refractivity contribution in [3.8, 4) is 17.2 Å². The molecule has 0 bridgehead atoms. The van der Waals surface area contributed by atoms with Crippen molar-refractivity contribution in [2.45, 2.75) is 101 Å². The number of hydrogen-bond acceptors (Lipinski definition) is 19. The lowest BCUT2D eigenvalue weighted by molar-refractivity contribution is -0.256. The molecule has 3 aliphatic heterocycles. The molecule has 5 aliphatic rings. The number of likely N-dealkylation sites (N-methyl/N-ethyl adjacent to an activating group) is 2. The Morgan fingerprint density at radius 1 is 0.921 bits per heavy atom. The molecule has 0 radical (unpaired) electrons. The average Bonchev–Trinajstić information content (AvgIpc) is 3.86. The highest BCUT2D eigenvalue weighted by Crippen LogP contribution is 2.53. The van der Waals surface area contributed by atoms with Gasteiger partial charge in [0, 0.05) is 101 Å². The van der Waals surface area contributed by atoms with Crippen molar-refractivity contribution in [1.29, 1.82) is 0 Å². The average molecular weight is 1060 g/mol. The molecular formula is C52H64N6O18. The molecule has 5 amide bonds. The number of aliphatic hydroxyl groups is 1. The Labute approximate surface area is 437 Å². The van der Waals surface area contributed by atoms with Gasteiger partial charge < -0.3 is 79.4 Å². The van der Waals surface area contributed by atoms with Crippen molar-refractivity contribution in [3.63, 3.8) is 0 Å². The number of primary amides is 1. The standard InChI is InChI=1S/C52H64N6O18/c1-27-47-32(58-19-20-72-49(70-5)48(58)76-47)21-38(74-27)75-34-23-52(68,22-31-40(34)46(65)42-41(44(31)63)43(62)30-9-8-10-33(69-4)39(30)45(42)64)35(59)25-71-26-37(61)56(2)17-18-57(3)51(67)73-24-28-12-14-29(15-13-28)55-36(60)11-6-7-16-54-50(53)66/h8-10,12-15,27,32,34,38,47-49,63,65,68H,6-7,11,16-26H2,1-5H3,(H,55,60)(H3,53,54,66)/t27-,32-,34-,38-,47+,48+,49-,52-/m0/s1. The molecule has 3 saturated heterocycles. The van der Waals surface area contributed by atoms with Gasteiger partial charge in [0.15, 0.2) is 30.4 Å². The number of carbonyl (C=O) groups is 7. The van der Waals surface area contributed by atoms with Crippen molar-refractivity contribution < 1.29 is 86.8 Å². The minimum absolute atomic E-state index is 0.0534. The van der Waals surface area contributed by atoms with E-state index in [9.17, 15) is 48.9 Å². The maximum absolute atomic E-state index is 14.3. The molecular weight excluding hydrogens is 997 g/mol. The Balaban J connectivity index is 0.890. The van der Waals surface area contributed by atoms with Crippen LogP contribution in [-0.4, -0.2) is 188 Å². The molecule has 0 aromatic heterocycles. The van der Waals surface area contributed by atoms with Gasteiger partial charge in [0.05, 0.1) is 42.6 Å². The van der Waals surface area contributed by atoms with E-state index in [0.717, 1.165) is 0 Å². The van der Waals surface area contributed by atoms with Crippen LogP contribution >= 0.6 is 0 Å². The number of amides is 5. The summed E-state index contributed by atoms with van der Waals surface area (Å²) in [6.07, 6.45) is -4.80. The maximum atomic E-state index is 14.3. The van der Waals surface area contributed by atoms with E-state index in [-0.39, 0.29) is 72.5 Å². The number of carbonyl (C=O) groups excluding carboxylic acids is 7. The predicted molar refractivity (Wildman–Crippen MR) is 264 cm³/mol. The number of ether oxygens (including phenoxy) is 8. The molecule has 0 unspecified atom stereocenters. The van der Waals surface area contributed by atoms with Crippen LogP contribution in [-0.2, 0) is 60.6 Å². The van der Waals surface area contributed by atoms with E-state index in [1.807, 2.05) is 0 Å². The third-order valence-corrected chi connectivity index (χ3v) is 14.4. The normalized spacial score (nSPS) is 24.5. The topological polar surface area (TPSA) is 314 Å². The number of Topliss-reactive ketones (excluding diaryl/α,β-unsaturated/α-hetero) is 1. The third kappa shape index (κ3) is 11.6. The van der Waals surface area contributed by atoms with Crippen LogP contribution in [0.25, 0.3) is 0 Å². The number of fused-ring (bicyclic) bond motifs is 6. The first-order chi connectivity index (χ1) is 36.3. The van der Waals surface area contributed by atoms with Crippen molar-refractivity contribution in [2.24, 2.45) is 5.73 Å². The van der Waals surface area contributed by atoms with Crippen molar-refractivity contribution >= 4 is 47.0 Å². The zero-order chi connectivity index (χ0) is 54.6. The number of unbranched alkanes of at least 4 members (excludes halogenated alkanes) is 1. The Morgan fingerprint density at radius 2 is 1.66 bits per heavy atom. The van der Waals surface area contributed by atoms with Crippen molar-refractivity contribution in [2.75, 3.05) is 79.6 Å². The van der Waals surface area contributed by atoms with Crippen molar-refractivity contribution in [1.82, 2.24) is 20.0 Å². The van der Waals surface area contributed by atoms with E-state index in [2.05, 4.69) is 15.5 Å². The molecule has 2 aliphatic carbocycles. The number of phenolic OH excluding ortho intramolecular Hbond substituents is 2. The number of hydrogen-bond donors (Lipinski definition) is 6. The number of nitrogens with two attached hydrogens (primary N) is 1. The second-order valence-corrected chi connectivity index (χ2v) is 19.4. The molecule has 0 saturated carbocycles. The molecule has 8 rings (SSSR count). The number of anilines is 1. The predicted octanol–water partition coefficient (Wildman–Crippen LogP) is 2.24. The number of ketones is 3. The Hall–Kier alpha value is -6.77. The van der Waals surface area contributed by atoms with Gasteiger partial charge in [0.1, 0.15) is 48.8 Å². The largest absolute Gasteiger partial charge is 0.507 e. The summed E-state index contributed by atoms with van der Waals surface area (Å²) >= 11 is 0. The second-order valence-electron chi connectivity index (χ2n) is 19.4. The fourth-order valence-electron chi connectivity index (χ4n) is 10.3. The molecule has 0 spiro atoms. The lowest BCUT2D eigenvalue weighted by Crippen LogP contribution is -2.55. The summed E-state index contributed by atoms with van der Waals surface area (Å²) in [6, 6.07) is 10.2. The van der Waals surface area contributed by atoms with Crippen molar-refractivity contribution in [3.05, 3.63) is 81.4 Å². The first kappa shape index (κ1) is 55.5. The number of rotatable bonds is 20. The number of morpholine rings is 1. The van der Waals surface area contributed by atoms with Gasteiger partial charge >= 0.3 is 12.1 Å². The highest BCUT2D eigenvalue weighted by Gasteiger charge is 2.55. The lowest BCUT2D eigenvalue weighted by atomic mass is 9.72. The Morgan fingerprint density at radius 3 is 2.38 bits per heavy atom. The molecule has 76 heavy (non-hydrogen) atoms. The van der Waals surface area contributed by atoms with Crippen LogP contribution in [0.4, 0.5) is 15.3 Å². The monoisotopic (exact) mass is 1060 g/mol.